The van der Waals surface area contributed by atoms with Gasteiger partial charge in [0.1, 0.15) is 0 Å². The van der Waals surface area contributed by atoms with E-state index in [1.807, 2.05) is 32.0 Å². The van der Waals surface area contributed by atoms with Crippen molar-refractivity contribution in [3.63, 3.8) is 0 Å². The summed E-state index contributed by atoms with van der Waals surface area (Å²) in [4.78, 5) is 12.3. The first-order valence-corrected chi connectivity index (χ1v) is 10.5. The van der Waals surface area contributed by atoms with E-state index in [2.05, 4.69) is 5.32 Å². The first-order valence-electron chi connectivity index (χ1n) is 8.86. The van der Waals surface area contributed by atoms with Crippen LogP contribution < -0.4 is 5.32 Å². The molecule has 2 rings (SSSR count). The van der Waals surface area contributed by atoms with Gasteiger partial charge in [-0.3, -0.25) is 4.79 Å². The number of nitrogens with zero attached hydrogens (tertiary/aromatic N) is 1. The minimum atomic E-state index is -3.33. The third-order valence-electron chi connectivity index (χ3n) is 4.56. The van der Waals surface area contributed by atoms with Gasteiger partial charge in [0, 0.05) is 25.2 Å². The second kappa shape index (κ2) is 8.62. The number of sulfonamides is 1. The molecule has 0 aliphatic carbocycles. The third kappa shape index (κ3) is 4.80. The zero-order valence-electron chi connectivity index (χ0n) is 14.7. The summed E-state index contributed by atoms with van der Waals surface area (Å²) >= 11 is 0. The molecule has 1 amide bonds. The minimum Gasteiger partial charge on any atom is -0.326 e. The molecule has 24 heavy (non-hydrogen) atoms. The zero-order valence-corrected chi connectivity index (χ0v) is 15.5. The van der Waals surface area contributed by atoms with E-state index in [-0.39, 0.29) is 18.1 Å². The summed E-state index contributed by atoms with van der Waals surface area (Å²) in [5, 5.41) is 2.93. The molecular formula is C18H28N2O3S. The average Bonchev–Trinajstić information content (AvgIpc) is 2.61. The van der Waals surface area contributed by atoms with E-state index < -0.39 is 10.0 Å². The average molecular weight is 353 g/mol. The summed E-state index contributed by atoms with van der Waals surface area (Å²) < 4.78 is 26.2. The molecule has 1 aliphatic heterocycles. The molecule has 0 unspecified atom stereocenters. The van der Waals surface area contributed by atoms with Gasteiger partial charge in [-0.25, -0.2) is 12.7 Å². The SMILES string of the molecule is CCc1cccc(CC)c1NC(=O)CCS(=O)(=O)N1CCCCC1. The van der Waals surface area contributed by atoms with Gasteiger partial charge in [0.2, 0.25) is 15.9 Å². The molecule has 1 heterocycles. The van der Waals surface area contributed by atoms with Gasteiger partial charge < -0.3 is 5.32 Å². The number of piperidine rings is 1. The van der Waals surface area contributed by atoms with E-state index in [9.17, 15) is 13.2 Å². The first-order chi connectivity index (χ1) is 11.5. The Morgan fingerprint density at radius 2 is 1.67 bits per heavy atom. The van der Waals surface area contributed by atoms with Gasteiger partial charge in [-0.05, 0) is 36.8 Å². The van der Waals surface area contributed by atoms with Crippen LogP contribution in [-0.2, 0) is 27.7 Å². The van der Waals surface area contributed by atoms with Crippen LogP contribution in [0, 0.1) is 0 Å². The Hall–Kier alpha value is -1.40. The highest BCUT2D eigenvalue weighted by Gasteiger charge is 2.24. The fourth-order valence-electron chi connectivity index (χ4n) is 3.10. The maximum absolute atomic E-state index is 12.3. The predicted octanol–water partition coefficient (Wildman–Crippen LogP) is 2.96. The van der Waals surface area contributed by atoms with Gasteiger partial charge in [0.05, 0.1) is 5.75 Å². The molecule has 6 heteroatoms. The quantitative estimate of drug-likeness (QED) is 0.820. The Kier molecular flexibility index (Phi) is 6.80. The lowest BCUT2D eigenvalue weighted by molar-refractivity contribution is -0.115. The number of hydrogen-bond acceptors (Lipinski definition) is 3. The largest absolute Gasteiger partial charge is 0.326 e. The lowest BCUT2D eigenvalue weighted by atomic mass is 10.0. The highest BCUT2D eigenvalue weighted by atomic mass is 32.2. The molecule has 0 radical (unpaired) electrons. The molecule has 134 valence electrons. The van der Waals surface area contributed by atoms with Crippen molar-refractivity contribution in [2.75, 3.05) is 24.2 Å². The molecule has 0 saturated carbocycles. The molecule has 0 aromatic heterocycles. The highest BCUT2D eigenvalue weighted by molar-refractivity contribution is 7.89. The fourth-order valence-corrected chi connectivity index (χ4v) is 4.61. The Balaban J connectivity index is 1.99. The second-order valence-corrected chi connectivity index (χ2v) is 8.32. The van der Waals surface area contributed by atoms with Crippen LogP contribution in [0.5, 0.6) is 0 Å². The maximum atomic E-state index is 12.3. The zero-order chi connectivity index (χ0) is 17.6. The number of hydrogen-bond donors (Lipinski definition) is 1. The van der Waals surface area contributed by atoms with Crippen molar-refractivity contribution in [2.45, 2.75) is 52.4 Å². The second-order valence-electron chi connectivity index (χ2n) is 6.23. The van der Waals surface area contributed by atoms with Crippen molar-refractivity contribution in [3.8, 4) is 0 Å². The number of anilines is 1. The van der Waals surface area contributed by atoms with Crippen LogP contribution in [0.1, 0.15) is 50.7 Å². The van der Waals surface area contributed by atoms with Gasteiger partial charge in [-0.2, -0.15) is 0 Å². The van der Waals surface area contributed by atoms with Crippen LogP contribution in [0.15, 0.2) is 18.2 Å². The summed E-state index contributed by atoms with van der Waals surface area (Å²) in [7, 11) is -3.33. The molecule has 0 bridgehead atoms. The molecule has 1 aromatic carbocycles. The maximum Gasteiger partial charge on any atom is 0.225 e. The van der Waals surface area contributed by atoms with Crippen LogP contribution in [0.3, 0.4) is 0 Å². The van der Waals surface area contributed by atoms with E-state index >= 15 is 0 Å². The number of para-hydroxylation sites is 1. The Bertz CT molecular complexity index is 643. The van der Waals surface area contributed by atoms with Crippen molar-refractivity contribution in [1.29, 1.82) is 0 Å². The fraction of sp³-hybridized carbons (Fsp3) is 0.611. The molecule has 0 atom stereocenters. The summed E-state index contributed by atoms with van der Waals surface area (Å²) in [5.74, 6) is -0.347. The van der Waals surface area contributed by atoms with Gasteiger partial charge >= 0.3 is 0 Å². The van der Waals surface area contributed by atoms with Gasteiger partial charge in [-0.1, -0.05) is 38.5 Å². The number of carbonyl (C=O) groups is 1. The molecule has 5 nitrogen and oxygen atoms in total. The number of amides is 1. The Morgan fingerprint density at radius 1 is 1.08 bits per heavy atom. The lowest BCUT2D eigenvalue weighted by Gasteiger charge is -2.25. The summed E-state index contributed by atoms with van der Waals surface area (Å²) in [5.41, 5.74) is 3.02. The van der Waals surface area contributed by atoms with Crippen LogP contribution >= 0.6 is 0 Å². The predicted molar refractivity (Wildman–Crippen MR) is 97.7 cm³/mol. The standard InChI is InChI=1S/C18H28N2O3S/c1-3-15-9-8-10-16(4-2)18(15)19-17(21)11-14-24(22,23)20-12-6-5-7-13-20/h8-10H,3-7,11-14H2,1-2H3,(H,19,21). The first kappa shape index (κ1) is 18.9. The normalized spacial score (nSPS) is 16.1. The number of rotatable bonds is 7. The van der Waals surface area contributed by atoms with Crippen LogP contribution in [0.4, 0.5) is 5.69 Å². The van der Waals surface area contributed by atoms with Gasteiger partial charge in [-0.15, -0.1) is 0 Å². The van der Waals surface area contributed by atoms with Crippen LogP contribution in [0.2, 0.25) is 0 Å². The van der Waals surface area contributed by atoms with Crippen molar-refractivity contribution < 1.29 is 13.2 Å². The molecule has 1 N–H and O–H groups in total. The Labute approximate surface area is 145 Å². The van der Waals surface area contributed by atoms with Crippen molar-refractivity contribution in [1.82, 2.24) is 4.31 Å². The minimum absolute atomic E-state index is 0.0000359. The van der Waals surface area contributed by atoms with Gasteiger partial charge in [0.15, 0.2) is 0 Å². The summed E-state index contributed by atoms with van der Waals surface area (Å²) in [6.07, 6.45) is 4.57. The summed E-state index contributed by atoms with van der Waals surface area (Å²) in [6, 6.07) is 5.99. The molecule has 1 aromatic rings. The van der Waals surface area contributed by atoms with E-state index in [0.29, 0.717) is 13.1 Å². The molecular weight excluding hydrogens is 324 g/mol. The van der Waals surface area contributed by atoms with E-state index in [1.165, 1.54) is 4.31 Å². The Morgan fingerprint density at radius 3 is 2.21 bits per heavy atom. The van der Waals surface area contributed by atoms with E-state index in [1.54, 1.807) is 0 Å². The van der Waals surface area contributed by atoms with Gasteiger partial charge in [0.25, 0.3) is 0 Å². The number of nitrogens with one attached hydrogen (secondary N) is 1. The summed E-state index contributed by atoms with van der Waals surface area (Å²) in [6.45, 7) is 5.27. The van der Waals surface area contributed by atoms with E-state index in [4.69, 9.17) is 0 Å². The van der Waals surface area contributed by atoms with E-state index in [0.717, 1.165) is 48.9 Å². The number of aryl methyl sites for hydroxylation is 2. The van der Waals surface area contributed by atoms with Crippen molar-refractivity contribution in [3.05, 3.63) is 29.3 Å². The third-order valence-corrected chi connectivity index (χ3v) is 6.43. The molecule has 1 aliphatic rings. The number of benzene rings is 1. The van der Waals surface area contributed by atoms with Crippen molar-refractivity contribution in [2.24, 2.45) is 0 Å². The van der Waals surface area contributed by atoms with Crippen LogP contribution in [0.25, 0.3) is 0 Å². The monoisotopic (exact) mass is 352 g/mol. The topological polar surface area (TPSA) is 66.5 Å². The highest BCUT2D eigenvalue weighted by Crippen LogP contribution is 2.23. The molecule has 1 saturated heterocycles. The molecule has 0 spiro atoms. The van der Waals surface area contributed by atoms with Crippen LogP contribution in [-0.4, -0.2) is 37.5 Å². The number of carbonyl (C=O) groups excluding carboxylic acids is 1. The molecule has 1 fully saturated rings. The lowest BCUT2D eigenvalue weighted by Crippen LogP contribution is -2.38. The smallest absolute Gasteiger partial charge is 0.225 e. The van der Waals surface area contributed by atoms with Crippen molar-refractivity contribution >= 4 is 21.6 Å².